The van der Waals surface area contributed by atoms with Crippen LogP contribution in [0.1, 0.15) is 12.8 Å². The minimum atomic E-state index is 0.282. The molecule has 1 aromatic rings. The first-order chi connectivity index (χ1) is 9.25. The summed E-state index contributed by atoms with van der Waals surface area (Å²) in [6.45, 7) is 3.39. The Morgan fingerprint density at radius 1 is 1.26 bits per heavy atom. The second-order valence-electron chi connectivity index (χ2n) is 4.99. The van der Waals surface area contributed by atoms with Gasteiger partial charge < -0.3 is 4.90 Å². The van der Waals surface area contributed by atoms with Crippen molar-refractivity contribution in [2.24, 2.45) is 0 Å². The maximum atomic E-state index is 12.0. The summed E-state index contributed by atoms with van der Waals surface area (Å²) in [5, 5.41) is 0. The number of hydrogen-bond acceptors (Lipinski definition) is 3. The Balaban J connectivity index is 1.64. The molecule has 0 bridgehead atoms. The van der Waals surface area contributed by atoms with Crippen LogP contribution in [-0.2, 0) is 4.79 Å². The maximum Gasteiger partial charge on any atom is 0.236 e. The molecule has 0 saturated carbocycles. The summed E-state index contributed by atoms with van der Waals surface area (Å²) in [4.78, 5) is 17.4. The molecule has 1 aliphatic heterocycles. The number of nitrogens with zero attached hydrogens (tertiary/aromatic N) is 2. The molecular formula is C15H22N2OS. The van der Waals surface area contributed by atoms with Gasteiger partial charge in [0, 0.05) is 30.3 Å². The van der Waals surface area contributed by atoms with E-state index in [1.807, 2.05) is 29.8 Å². The van der Waals surface area contributed by atoms with Crippen LogP contribution in [0.4, 0.5) is 0 Å². The van der Waals surface area contributed by atoms with Gasteiger partial charge in [0.2, 0.25) is 5.91 Å². The molecular weight excluding hydrogens is 256 g/mol. The molecule has 104 valence electrons. The molecule has 0 aliphatic carbocycles. The van der Waals surface area contributed by atoms with Crippen LogP contribution in [0.5, 0.6) is 0 Å². The van der Waals surface area contributed by atoms with Crippen LogP contribution >= 0.6 is 11.8 Å². The molecule has 2 rings (SSSR count). The molecule has 0 unspecified atom stereocenters. The first kappa shape index (κ1) is 14.4. The van der Waals surface area contributed by atoms with Crippen molar-refractivity contribution in [1.82, 2.24) is 9.80 Å². The Labute approximate surface area is 120 Å². The van der Waals surface area contributed by atoms with Gasteiger partial charge in [-0.15, -0.1) is 11.8 Å². The molecule has 19 heavy (non-hydrogen) atoms. The van der Waals surface area contributed by atoms with E-state index >= 15 is 0 Å². The van der Waals surface area contributed by atoms with Gasteiger partial charge in [0.25, 0.3) is 0 Å². The van der Waals surface area contributed by atoms with Gasteiger partial charge in [0.15, 0.2) is 0 Å². The number of carbonyl (C=O) groups is 1. The zero-order valence-electron chi connectivity index (χ0n) is 11.5. The lowest BCUT2D eigenvalue weighted by molar-refractivity contribution is -0.130. The quantitative estimate of drug-likeness (QED) is 0.746. The highest BCUT2D eigenvalue weighted by molar-refractivity contribution is 7.99. The van der Waals surface area contributed by atoms with Crippen LogP contribution in [-0.4, -0.2) is 54.7 Å². The number of benzene rings is 1. The summed E-state index contributed by atoms with van der Waals surface area (Å²) >= 11 is 1.84. The van der Waals surface area contributed by atoms with Crippen molar-refractivity contribution in [1.29, 1.82) is 0 Å². The normalized spacial score (nSPS) is 15.2. The molecule has 1 fully saturated rings. The first-order valence-electron chi connectivity index (χ1n) is 6.90. The molecule has 0 spiro atoms. The summed E-state index contributed by atoms with van der Waals surface area (Å²) < 4.78 is 0. The predicted molar refractivity (Wildman–Crippen MR) is 80.5 cm³/mol. The summed E-state index contributed by atoms with van der Waals surface area (Å²) in [7, 11) is 2.03. The topological polar surface area (TPSA) is 23.6 Å². The summed E-state index contributed by atoms with van der Waals surface area (Å²) in [5.74, 6) is 1.30. The SMILES string of the molecule is CN(CCSc1ccccc1)CC(=O)N1CCCC1. The molecule has 1 saturated heterocycles. The zero-order chi connectivity index (χ0) is 13.5. The Morgan fingerprint density at radius 2 is 1.95 bits per heavy atom. The van der Waals surface area contributed by atoms with Crippen LogP contribution in [0.25, 0.3) is 0 Å². The van der Waals surface area contributed by atoms with Gasteiger partial charge in [-0.25, -0.2) is 0 Å². The number of rotatable bonds is 6. The van der Waals surface area contributed by atoms with Gasteiger partial charge in [0.05, 0.1) is 6.54 Å². The summed E-state index contributed by atoms with van der Waals surface area (Å²) in [6, 6.07) is 10.4. The van der Waals surface area contributed by atoms with Crippen molar-refractivity contribution in [2.45, 2.75) is 17.7 Å². The van der Waals surface area contributed by atoms with Crippen molar-refractivity contribution in [3.05, 3.63) is 30.3 Å². The number of carbonyl (C=O) groups excluding carboxylic acids is 1. The van der Waals surface area contributed by atoms with Crippen molar-refractivity contribution in [2.75, 3.05) is 39.0 Å². The highest BCUT2D eigenvalue weighted by atomic mass is 32.2. The second-order valence-corrected chi connectivity index (χ2v) is 6.16. The smallest absolute Gasteiger partial charge is 0.236 e. The third-order valence-corrected chi connectivity index (χ3v) is 4.34. The van der Waals surface area contributed by atoms with Gasteiger partial charge in [-0.05, 0) is 32.0 Å². The molecule has 0 N–H and O–H groups in total. The van der Waals surface area contributed by atoms with E-state index in [2.05, 4.69) is 29.2 Å². The highest BCUT2D eigenvalue weighted by Crippen LogP contribution is 2.16. The van der Waals surface area contributed by atoms with E-state index < -0.39 is 0 Å². The van der Waals surface area contributed by atoms with E-state index in [9.17, 15) is 4.79 Å². The lowest BCUT2D eigenvalue weighted by atomic mass is 10.4. The van der Waals surface area contributed by atoms with Gasteiger partial charge >= 0.3 is 0 Å². The number of amides is 1. The van der Waals surface area contributed by atoms with Crippen molar-refractivity contribution in [3.63, 3.8) is 0 Å². The Kier molecular flexibility index (Phi) is 5.73. The fraction of sp³-hybridized carbons (Fsp3) is 0.533. The van der Waals surface area contributed by atoms with Crippen LogP contribution < -0.4 is 0 Å². The molecule has 1 heterocycles. The van der Waals surface area contributed by atoms with Crippen LogP contribution in [0.3, 0.4) is 0 Å². The monoisotopic (exact) mass is 278 g/mol. The van der Waals surface area contributed by atoms with E-state index in [-0.39, 0.29) is 5.91 Å². The lowest BCUT2D eigenvalue weighted by Crippen LogP contribution is -2.37. The lowest BCUT2D eigenvalue weighted by Gasteiger charge is -2.20. The first-order valence-corrected chi connectivity index (χ1v) is 7.88. The van der Waals surface area contributed by atoms with E-state index in [1.165, 1.54) is 17.7 Å². The van der Waals surface area contributed by atoms with E-state index in [4.69, 9.17) is 0 Å². The van der Waals surface area contributed by atoms with Crippen molar-refractivity contribution >= 4 is 17.7 Å². The fourth-order valence-electron chi connectivity index (χ4n) is 2.21. The standard InChI is InChI=1S/C15H22N2OS/c1-16(13-15(18)17-9-5-6-10-17)11-12-19-14-7-3-2-4-8-14/h2-4,7-8H,5-6,9-13H2,1H3. The largest absolute Gasteiger partial charge is 0.342 e. The third-order valence-electron chi connectivity index (χ3n) is 3.35. The van der Waals surface area contributed by atoms with Crippen molar-refractivity contribution < 1.29 is 4.79 Å². The summed E-state index contributed by atoms with van der Waals surface area (Å²) in [5.41, 5.74) is 0. The Morgan fingerprint density at radius 3 is 2.63 bits per heavy atom. The van der Waals surface area contributed by atoms with Gasteiger partial charge in [-0.3, -0.25) is 9.69 Å². The molecule has 3 nitrogen and oxygen atoms in total. The number of likely N-dealkylation sites (N-methyl/N-ethyl adjacent to an activating group) is 1. The van der Waals surface area contributed by atoms with Gasteiger partial charge in [-0.2, -0.15) is 0 Å². The Hall–Kier alpha value is -1.00. The third kappa shape index (κ3) is 4.88. The average Bonchev–Trinajstić information content (AvgIpc) is 2.94. The molecule has 1 aromatic carbocycles. The van der Waals surface area contributed by atoms with Crippen LogP contribution in [0.15, 0.2) is 35.2 Å². The molecule has 0 radical (unpaired) electrons. The Bertz CT molecular complexity index is 390. The molecule has 1 amide bonds. The minimum Gasteiger partial charge on any atom is -0.342 e. The minimum absolute atomic E-state index is 0.282. The predicted octanol–water partition coefficient (Wildman–Crippen LogP) is 2.33. The van der Waals surface area contributed by atoms with E-state index in [0.717, 1.165) is 25.4 Å². The van der Waals surface area contributed by atoms with Crippen molar-refractivity contribution in [3.8, 4) is 0 Å². The molecule has 1 aliphatic rings. The van der Waals surface area contributed by atoms with Gasteiger partial charge in [-0.1, -0.05) is 18.2 Å². The molecule has 4 heteroatoms. The number of hydrogen-bond donors (Lipinski definition) is 0. The average molecular weight is 278 g/mol. The van der Waals surface area contributed by atoms with E-state index in [0.29, 0.717) is 6.54 Å². The summed E-state index contributed by atoms with van der Waals surface area (Å²) in [6.07, 6.45) is 2.33. The van der Waals surface area contributed by atoms with Gasteiger partial charge in [0.1, 0.15) is 0 Å². The fourth-order valence-corrected chi connectivity index (χ4v) is 3.20. The number of likely N-dealkylation sites (tertiary alicyclic amines) is 1. The molecule has 0 aromatic heterocycles. The second kappa shape index (κ2) is 7.56. The van der Waals surface area contributed by atoms with E-state index in [1.54, 1.807) is 0 Å². The molecule has 0 atom stereocenters. The highest BCUT2D eigenvalue weighted by Gasteiger charge is 2.18. The zero-order valence-corrected chi connectivity index (χ0v) is 12.4. The number of thioether (sulfide) groups is 1. The van der Waals surface area contributed by atoms with Crippen LogP contribution in [0.2, 0.25) is 0 Å². The van der Waals surface area contributed by atoms with Crippen LogP contribution in [0, 0.1) is 0 Å². The maximum absolute atomic E-state index is 12.0.